The Morgan fingerprint density at radius 1 is 1.43 bits per heavy atom. The molecule has 1 heterocycles. The Bertz CT molecular complexity index is 138. The molecular weight excluding hydrogens is 174 g/mol. The van der Waals surface area contributed by atoms with Crippen molar-refractivity contribution in [3.63, 3.8) is 0 Å². The highest BCUT2D eigenvalue weighted by Crippen LogP contribution is 2.18. The van der Waals surface area contributed by atoms with Gasteiger partial charge in [0.25, 0.3) is 0 Å². The van der Waals surface area contributed by atoms with E-state index >= 15 is 0 Å². The fourth-order valence-corrected chi connectivity index (χ4v) is 2.26. The van der Waals surface area contributed by atoms with Gasteiger partial charge < -0.3 is 16.0 Å². The fraction of sp³-hybridized carbons (Fsp3) is 1.00. The lowest BCUT2D eigenvalue weighted by Gasteiger charge is -2.22. The maximum atomic E-state index is 5.43. The summed E-state index contributed by atoms with van der Waals surface area (Å²) in [4.78, 5) is 2.60. The third kappa shape index (κ3) is 3.95. The first-order chi connectivity index (χ1) is 6.88. The summed E-state index contributed by atoms with van der Waals surface area (Å²) in [6.45, 7) is 7.83. The van der Waals surface area contributed by atoms with Crippen LogP contribution in [-0.4, -0.2) is 43.7 Å². The number of nitrogens with one attached hydrogen (secondary N) is 1. The summed E-state index contributed by atoms with van der Waals surface area (Å²) in [5.41, 5.74) is 5.43. The predicted molar refractivity (Wildman–Crippen MR) is 61.4 cm³/mol. The van der Waals surface area contributed by atoms with Crippen LogP contribution in [0.3, 0.4) is 0 Å². The van der Waals surface area contributed by atoms with Crippen LogP contribution in [0.15, 0.2) is 0 Å². The van der Waals surface area contributed by atoms with Gasteiger partial charge in [-0.1, -0.05) is 6.92 Å². The molecule has 14 heavy (non-hydrogen) atoms. The first-order valence-corrected chi connectivity index (χ1v) is 6.03. The average molecular weight is 199 g/mol. The van der Waals surface area contributed by atoms with Crippen molar-refractivity contribution >= 4 is 0 Å². The Labute approximate surface area is 88.0 Å². The normalized spacial score (nSPS) is 23.1. The van der Waals surface area contributed by atoms with Crippen LogP contribution < -0.4 is 11.1 Å². The molecule has 0 amide bonds. The number of nitrogens with zero attached hydrogens (tertiary/aromatic N) is 1. The molecule has 3 nitrogen and oxygen atoms in total. The van der Waals surface area contributed by atoms with Gasteiger partial charge in [0.05, 0.1) is 0 Å². The summed E-state index contributed by atoms with van der Waals surface area (Å²) in [6, 6.07) is 0.838. The third-order valence-corrected chi connectivity index (χ3v) is 3.12. The van der Waals surface area contributed by atoms with Crippen LogP contribution in [-0.2, 0) is 0 Å². The monoisotopic (exact) mass is 199 g/mol. The predicted octanol–water partition coefficient (Wildman–Crippen LogP) is 0.799. The summed E-state index contributed by atoms with van der Waals surface area (Å²) in [7, 11) is 0. The highest BCUT2D eigenvalue weighted by Gasteiger charge is 2.21. The van der Waals surface area contributed by atoms with E-state index in [2.05, 4.69) is 17.1 Å². The molecule has 0 aromatic carbocycles. The maximum Gasteiger partial charge on any atom is 0.0108 e. The minimum Gasteiger partial charge on any atom is -0.330 e. The molecule has 1 aliphatic heterocycles. The summed E-state index contributed by atoms with van der Waals surface area (Å²) < 4.78 is 0. The Kier molecular flexibility index (Phi) is 6.15. The van der Waals surface area contributed by atoms with Crippen molar-refractivity contribution in [2.75, 3.05) is 32.7 Å². The molecular formula is C11H25N3. The Morgan fingerprint density at radius 2 is 2.29 bits per heavy atom. The van der Waals surface area contributed by atoms with Gasteiger partial charge in [-0.3, -0.25) is 0 Å². The molecule has 0 aromatic heterocycles. The minimum atomic E-state index is 0.803. The molecule has 0 aromatic rings. The largest absolute Gasteiger partial charge is 0.330 e. The summed E-state index contributed by atoms with van der Waals surface area (Å²) >= 11 is 0. The van der Waals surface area contributed by atoms with E-state index < -0.39 is 0 Å². The van der Waals surface area contributed by atoms with E-state index in [1.807, 2.05) is 0 Å². The van der Waals surface area contributed by atoms with E-state index in [0.717, 1.165) is 32.1 Å². The quantitative estimate of drug-likeness (QED) is 0.596. The first kappa shape index (κ1) is 12.0. The molecule has 0 saturated carbocycles. The molecule has 0 radical (unpaired) electrons. The molecule has 0 bridgehead atoms. The highest BCUT2D eigenvalue weighted by atomic mass is 15.2. The summed E-state index contributed by atoms with van der Waals surface area (Å²) in [5.74, 6) is 0. The van der Waals surface area contributed by atoms with E-state index in [9.17, 15) is 0 Å². The maximum absolute atomic E-state index is 5.43. The second kappa shape index (κ2) is 7.21. The topological polar surface area (TPSA) is 41.3 Å². The summed E-state index contributed by atoms with van der Waals surface area (Å²) in [5, 5.41) is 3.45. The van der Waals surface area contributed by atoms with Gasteiger partial charge in [-0.15, -0.1) is 0 Å². The van der Waals surface area contributed by atoms with Crippen LogP contribution in [0.4, 0.5) is 0 Å². The number of nitrogens with two attached hydrogens (primary N) is 1. The van der Waals surface area contributed by atoms with Gasteiger partial charge in [-0.25, -0.2) is 0 Å². The van der Waals surface area contributed by atoms with E-state index in [1.54, 1.807) is 0 Å². The minimum absolute atomic E-state index is 0.803. The van der Waals surface area contributed by atoms with E-state index in [4.69, 9.17) is 5.73 Å². The molecule has 1 saturated heterocycles. The lowest BCUT2D eigenvalue weighted by Crippen LogP contribution is -2.32. The molecule has 1 atom stereocenters. The van der Waals surface area contributed by atoms with Crippen molar-refractivity contribution < 1.29 is 0 Å². The van der Waals surface area contributed by atoms with Gasteiger partial charge in [0.1, 0.15) is 0 Å². The number of hydrogen-bond acceptors (Lipinski definition) is 3. The van der Waals surface area contributed by atoms with Gasteiger partial charge in [0, 0.05) is 6.04 Å². The lowest BCUT2D eigenvalue weighted by atomic mass is 10.1. The van der Waals surface area contributed by atoms with Gasteiger partial charge in [-0.2, -0.15) is 0 Å². The molecule has 1 aliphatic rings. The summed E-state index contributed by atoms with van der Waals surface area (Å²) in [6.07, 6.45) is 5.19. The Morgan fingerprint density at radius 3 is 3.00 bits per heavy atom. The van der Waals surface area contributed by atoms with Crippen molar-refractivity contribution in [1.82, 2.24) is 10.2 Å². The number of rotatable bonds is 7. The second-order valence-corrected chi connectivity index (χ2v) is 4.11. The zero-order valence-corrected chi connectivity index (χ0v) is 9.47. The van der Waals surface area contributed by atoms with E-state index in [-0.39, 0.29) is 0 Å². The number of likely N-dealkylation sites (tertiary alicyclic amines) is 1. The van der Waals surface area contributed by atoms with Crippen LogP contribution in [0.5, 0.6) is 0 Å². The Hall–Kier alpha value is -0.120. The molecule has 0 aliphatic carbocycles. The van der Waals surface area contributed by atoms with Crippen LogP contribution >= 0.6 is 0 Å². The van der Waals surface area contributed by atoms with Crippen molar-refractivity contribution in [3.8, 4) is 0 Å². The van der Waals surface area contributed by atoms with Crippen LogP contribution in [0.25, 0.3) is 0 Å². The first-order valence-electron chi connectivity index (χ1n) is 6.03. The fourth-order valence-electron chi connectivity index (χ4n) is 2.26. The van der Waals surface area contributed by atoms with Gasteiger partial charge in [0.15, 0.2) is 0 Å². The molecule has 1 unspecified atom stereocenters. The van der Waals surface area contributed by atoms with E-state index in [1.165, 1.54) is 32.4 Å². The lowest BCUT2D eigenvalue weighted by molar-refractivity contribution is 0.254. The highest BCUT2D eigenvalue weighted by molar-refractivity contribution is 4.78. The average Bonchev–Trinajstić information content (AvgIpc) is 2.65. The van der Waals surface area contributed by atoms with Crippen molar-refractivity contribution in [2.24, 2.45) is 5.73 Å². The zero-order chi connectivity index (χ0) is 10.2. The van der Waals surface area contributed by atoms with Crippen molar-refractivity contribution in [1.29, 1.82) is 0 Å². The SMILES string of the molecule is CCN1CCCC1CCNCCCN. The molecule has 3 N–H and O–H groups in total. The molecule has 1 rings (SSSR count). The third-order valence-electron chi connectivity index (χ3n) is 3.12. The molecule has 3 heteroatoms. The van der Waals surface area contributed by atoms with Crippen molar-refractivity contribution in [2.45, 2.75) is 38.6 Å². The van der Waals surface area contributed by atoms with Crippen molar-refractivity contribution in [3.05, 3.63) is 0 Å². The van der Waals surface area contributed by atoms with Crippen LogP contribution in [0.1, 0.15) is 32.6 Å². The molecule has 84 valence electrons. The van der Waals surface area contributed by atoms with Gasteiger partial charge in [-0.05, 0) is 58.4 Å². The Balaban J connectivity index is 2.00. The standard InChI is InChI=1S/C11H25N3/c1-2-14-10-3-5-11(14)6-9-13-8-4-7-12/h11,13H,2-10,12H2,1H3. The van der Waals surface area contributed by atoms with Crippen LogP contribution in [0.2, 0.25) is 0 Å². The van der Waals surface area contributed by atoms with E-state index in [0.29, 0.717) is 0 Å². The smallest absolute Gasteiger partial charge is 0.0108 e. The van der Waals surface area contributed by atoms with Gasteiger partial charge in [0.2, 0.25) is 0 Å². The second-order valence-electron chi connectivity index (χ2n) is 4.11. The zero-order valence-electron chi connectivity index (χ0n) is 9.47. The van der Waals surface area contributed by atoms with Gasteiger partial charge >= 0.3 is 0 Å². The molecule has 0 spiro atoms. The molecule has 1 fully saturated rings. The van der Waals surface area contributed by atoms with Crippen LogP contribution in [0, 0.1) is 0 Å². The number of hydrogen-bond donors (Lipinski definition) is 2.